The molecular formula is C21H19ClN2S. The molecule has 126 valence electrons. The first-order valence-corrected chi connectivity index (χ1v) is 9.56. The summed E-state index contributed by atoms with van der Waals surface area (Å²) in [5.41, 5.74) is 5.10. The second kappa shape index (κ2) is 7.12. The zero-order valence-corrected chi connectivity index (χ0v) is 15.4. The average molecular weight is 367 g/mol. The molecule has 1 aliphatic rings. The SMILES string of the molecule is C=CCN1Cc2sc(Cl)cc2[C@H](c2ccccc2-c2cccnc2)C1. The number of rotatable bonds is 4. The number of hydrogen-bond acceptors (Lipinski definition) is 3. The summed E-state index contributed by atoms with van der Waals surface area (Å²) < 4.78 is 0.870. The van der Waals surface area contributed by atoms with Gasteiger partial charge in [-0.1, -0.05) is 48.0 Å². The maximum absolute atomic E-state index is 6.36. The molecule has 1 aromatic carbocycles. The molecule has 0 unspecified atom stereocenters. The number of nitrogens with zero attached hydrogens (tertiary/aromatic N) is 2. The van der Waals surface area contributed by atoms with E-state index in [0.29, 0.717) is 5.92 Å². The smallest absolute Gasteiger partial charge is 0.0934 e. The van der Waals surface area contributed by atoms with Crippen LogP contribution in [0.15, 0.2) is 67.5 Å². The zero-order valence-electron chi connectivity index (χ0n) is 13.9. The van der Waals surface area contributed by atoms with Gasteiger partial charge in [0.25, 0.3) is 0 Å². The van der Waals surface area contributed by atoms with Gasteiger partial charge in [-0.25, -0.2) is 0 Å². The molecule has 0 saturated heterocycles. The van der Waals surface area contributed by atoms with Crippen LogP contribution in [0.5, 0.6) is 0 Å². The van der Waals surface area contributed by atoms with Crippen LogP contribution in [0.3, 0.4) is 0 Å². The summed E-state index contributed by atoms with van der Waals surface area (Å²) in [4.78, 5) is 8.10. The van der Waals surface area contributed by atoms with Crippen LogP contribution in [0.1, 0.15) is 21.9 Å². The molecule has 2 aromatic heterocycles. The van der Waals surface area contributed by atoms with Gasteiger partial charge < -0.3 is 0 Å². The molecule has 4 heteroatoms. The van der Waals surface area contributed by atoms with Crippen molar-refractivity contribution in [3.8, 4) is 11.1 Å². The molecule has 0 fully saturated rings. The van der Waals surface area contributed by atoms with E-state index >= 15 is 0 Å². The van der Waals surface area contributed by atoms with E-state index in [4.69, 9.17) is 11.6 Å². The predicted octanol–water partition coefficient (Wildman–Crippen LogP) is 5.60. The highest BCUT2D eigenvalue weighted by atomic mass is 35.5. The Morgan fingerprint density at radius 2 is 2.12 bits per heavy atom. The van der Waals surface area contributed by atoms with Crippen molar-refractivity contribution in [1.29, 1.82) is 0 Å². The third kappa shape index (κ3) is 3.28. The Kier molecular flexibility index (Phi) is 4.71. The number of hydrogen-bond donors (Lipinski definition) is 0. The Hall–Kier alpha value is -1.94. The highest BCUT2D eigenvalue weighted by molar-refractivity contribution is 7.16. The van der Waals surface area contributed by atoms with Crippen LogP contribution in [0, 0.1) is 0 Å². The van der Waals surface area contributed by atoms with E-state index < -0.39 is 0 Å². The van der Waals surface area contributed by atoms with Gasteiger partial charge in [0.1, 0.15) is 0 Å². The number of thiophene rings is 1. The van der Waals surface area contributed by atoms with Gasteiger partial charge in [-0.05, 0) is 28.8 Å². The highest BCUT2D eigenvalue weighted by Gasteiger charge is 2.29. The molecule has 2 nitrogen and oxygen atoms in total. The van der Waals surface area contributed by atoms with E-state index in [0.717, 1.165) is 29.5 Å². The molecule has 4 rings (SSSR count). The minimum absolute atomic E-state index is 0.309. The van der Waals surface area contributed by atoms with Crippen LogP contribution in [0.4, 0.5) is 0 Å². The summed E-state index contributed by atoms with van der Waals surface area (Å²) in [7, 11) is 0. The van der Waals surface area contributed by atoms with Crippen LogP contribution >= 0.6 is 22.9 Å². The summed E-state index contributed by atoms with van der Waals surface area (Å²) >= 11 is 8.05. The quantitative estimate of drug-likeness (QED) is 0.559. The van der Waals surface area contributed by atoms with E-state index in [1.54, 1.807) is 11.3 Å². The third-order valence-electron chi connectivity index (χ3n) is 4.69. The zero-order chi connectivity index (χ0) is 17.2. The topological polar surface area (TPSA) is 16.1 Å². The lowest BCUT2D eigenvalue weighted by atomic mass is 9.84. The van der Waals surface area contributed by atoms with Gasteiger partial charge in [-0.3, -0.25) is 9.88 Å². The lowest BCUT2D eigenvalue weighted by Crippen LogP contribution is -2.33. The summed E-state index contributed by atoms with van der Waals surface area (Å²) in [5, 5.41) is 0. The van der Waals surface area contributed by atoms with Crippen molar-refractivity contribution in [2.45, 2.75) is 12.5 Å². The number of benzene rings is 1. The van der Waals surface area contributed by atoms with Gasteiger partial charge in [-0.15, -0.1) is 17.9 Å². The van der Waals surface area contributed by atoms with Gasteiger partial charge in [0.05, 0.1) is 4.34 Å². The van der Waals surface area contributed by atoms with Crippen molar-refractivity contribution in [3.05, 3.63) is 87.9 Å². The fraction of sp³-hybridized carbons (Fsp3) is 0.190. The lowest BCUT2D eigenvalue weighted by Gasteiger charge is -2.33. The van der Waals surface area contributed by atoms with E-state index in [9.17, 15) is 0 Å². The van der Waals surface area contributed by atoms with E-state index in [2.05, 4.69) is 52.9 Å². The maximum atomic E-state index is 6.36. The van der Waals surface area contributed by atoms with Crippen molar-refractivity contribution in [2.24, 2.45) is 0 Å². The third-order valence-corrected chi connectivity index (χ3v) is 5.96. The molecule has 25 heavy (non-hydrogen) atoms. The summed E-state index contributed by atoms with van der Waals surface area (Å²) in [6, 6.07) is 14.9. The molecule has 0 saturated carbocycles. The number of pyridine rings is 1. The number of fused-ring (bicyclic) bond motifs is 1. The molecule has 3 aromatic rings. The van der Waals surface area contributed by atoms with Gasteiger partial charge in [0.15, 0.2) is 0 Å². The second-order valence-electron chi connectivity index (χ2n) is 6.29. The van der Waals surface area contributed by atoms with Gasteiger partial charge in [-0.2, -0.15) is 0 Å². The first kappa shape index (κ1) is 16.5. The van der Waals surface area contributed by atoms with Crippen LogP contribution in [0.2, 0.25) is 4.34 Å². The Balaban J connectivity index is 1.82. The van der Waals surface area contributed by atoms with Crippen LogP contribution in [0.25, 0.3) is 11.1 Å². The van der Waals surface area contributed by atoms with E-state index in [1.807, 2.05) is 24.5 Å². The van der Waals surface area contributed by atoms with Crippen molar-refractivity contribution in [3.63, 3.8) is 0 Å². The Morgan fingerprint density at radius 3 is 2.92 bits per heavy atom. The summed E-state index contributed by atoms with van der Waals surface area (Å²) in [5.74, 6) is 0.309. The molecule has 0 amide bonds. The molecular weight excluding hydrogens is 348 g/mol. The Bertz CT molecular complexity index is 888. The summed E-state index contributed by atoms with van der Waals surface area (Å²) in [6.07, 6.45) is 5.73. The van der Waals surface area contributed by atoms with Crippen molar-refractivity contribution >= 4 is 22.9 Å². The second-order valence-corrected chi connectivity index (χ2v) is 8.06. The molecule has 1 aliphatic heterocycles. The van der Waals surface area contributed by atoms with Crippen LogP contribution in [-0.2, 0) is 6.54 Å². The van der Waals surface area contributed by atoms with Gasteiger partial charge >= 0.3 is 0 Å². The number of aromatic nitrogens is 1. The molecule has 0 aliphatic carbocycles. The van der Waals surface area contributed by atoms with Gasteiger partial charge in [0.2, 0.25) is 0 Å². The number of halogens is 1. The molecule has 0 spiro atoms. The van der Waals surface area contributed by atoms with Gasteiger partial charge in [0, 0.05) is 48.4 Å². The standard InChI is InChI=1S/C21H19ClN2S/c1-2-10-24-13-19(18-11-21(22)25-20(18)14-24)17-8-4-3-7-16(17)15-6-5-9-23-12-15/h2-9,11-12,19H,1,10,13-14H2/t19-/m0/s1. The minimum atomic E-state index is 0.309. The summed E-state index contributed by atoms with van der Waals surface area (Å²) in [6.45, 7) is 6.72. The Morgan fingerprint density at radius 1 is 1.24 bits per heavy atom. The monoisotopic (exact) mass is 366 g/mol. The minimum Gasteiger partial charge on any atom is -0.294 e. The van der Waals surface area contributed by atoms with Crippen molar-refractivity contribution in [2.75, 3.05) is 13.1 Å². The Labute approximate surface area is 157 Å². The molecule has 0 bridgehead atoms. The van der Waals surface area contributed by atoms with E-state index in [1.165, 1.54) is 21.6 Å². The average Bonchev–Trinajstić information content (AvgIpc) is 3.02. The normalized spacial score (nSPS) is 17.2. The first-order valence-electron chi connectivity index (χ1n) is 8.37. The highest BCUT2D eigenvalue weighted by Crippen LogP contribution is 2.42. The fourth-order valence-electron chi connectivity index (χ4n) is 3.62. The lowest BCUT2D eigenvalue weighted by molar-refractivity contribution is 0.270. The van der Waals surface area contributed by atoms with Crippen LogP contribution < -0.4 is 0 Å². The molecule has 3 heterocycles. The first-order chi connectivity index (χ1) is 12.3. The van der Waals surface area contributed by atoms with Crippen molar-refractivity contribution in [1.82, 2.24) is 9.88 Å². The van der Waals surface area contributed by atoms with Crippen molar-refractivity contribution < 1.29 is 0 Å². The molecule has 0 N–H and O–H groups in total. The fourth-order valence-corrected chi connectivity index (χ4v) is 5.01. The largest absolute Gasteiger partial charge is 0.294 e. The molecule has 1 atom stereocenters. The maximum Gasteiger partial charge on any atom is 0.0934 e. The van der Waals surface area contributed by atoms with Crippen LogP contribution in [-0.4, -0.2) is 23.0 Å². The van der Waals surface area contributed by atoms with E-state index in [-0.39, 0.29) is 0 Å². The predicted molar refractivity (Wildman–Crippen MR) is 106 cm³/mol. The molecule has 0 radical (unpaired) electrons.